The van der Waals surface area contributed by atoms with Crippen LogP contribution in [0.1, 0.15) is 12.0 Å². The third kappa shape index (κ3) is 1.10. The Balaban J connectivity index is 1.91. The summed E-state index contributed by atoms with van der Waals surface area (Å²) in [5.74, 6) is 0.787. The van der Waals surface area contributed by atoms with Crippen molar-refractivity contribution < 1.29 is 0 Å². The first-order valence-corrected chi connectivity index (χ1v) is 4.78. The van der Waals surface area contributed by atoms with Crippen molar-refractivity contribution in [3.63, 3.8) is 0 Å². The molecule has 2 heteroatoms. The second-order valence-electron chi connectivity index (χ2n) is 3.82. The predicted molar refractivity (Wildman–Crippen MR) is 52.1 cm³/mol. The van der Waals surface area contributed by atoms with Gasteiger partial charge in [0, 0.05) is 30.9 Å². The highest BCUT2D eigenvalue weighted by Gasteiger charge is 2.34. The van der Waals surface area contributed by atoms with Crippen LogP contribution in [0.2, 0.25) is 0 Å². The molecule has 1 aliphatic carbocycles. The Morgan fingerprint density at radius 2 is 2.46 bits per heavy atom. The summed E-state index contributed by atoms with van der Waals surface area (Å²) >= 11 is 0. The number of pyridine rings is 1. The Morgan fingerprint density at radius 1 is 1.46 bits per heavy atom. The fraction of sp³-hybridized carbons (Fsp3) is 0.364. The molecule has 2 unspecified atom stereocenters. The van der Waals surface area contributed by atoms with Gasteiger partial charge in [0.25, 0.3) is 0 Å². The number of rotatable bonds is 1. The van der Waals surface area contributed by atoms with Crippen LogP contribution in [-0.2, 0) is 0 Å². The topological polar surface area (TPSA) is 24.9 Å². The molecule has 2 aliphatic rings. The van der Waals surface area contributed by atoms with Crippen LogP contribution in [0, 0.1) is 5.92 Å². The van der Waals surface area contributed by atoms with Crippen LogP contribution in [0.3, 0.4) is 0 Å². The number of fused-ring (bicyclic) bond motifs is 1. The van der Waals surface area contributed by atoms with Crippen LogP contribution in [0.5, 0.6) is 0 Å². The van der Waals surface area contributed by atoms with Crippen molar-refractivity contribution in [2.45, 2.75) is 12.5 Å². The zero-order chi connectivity index (χ0) is 8.67. The number of aromatic nitrogens is 1. The van der Waals surface area contributed by atoms with Crippen molar-refractivity contribution >= 4 is 5.57 Å². The van der Waals surface area contributed by atoms with Gasteiger partial charge in [-0.25, -0.2) is 0 Å². The second kappa shape index (κ2) is 2.67. The van der Waals surface area contributed by atoms with E-state index in [-0.39, 0.29) is 0 Å². The summed E-state index contributed by atoms with van der Waals surface area (Å²) in [5, 5.41) is 3.43. The van der Waals surface area contributed by atoms with Gasteiger partial charge in [-0.3, -0.25) is 4.98 Å². The van der Waals surface area contributed by atoms with Gasteiger partial charge in [0.05, 0.1) is 0 Å². The Hall–Kier alpha value is -1.15. The molecule has 66 valence electrons. The molecule has 0 aromatic carbocycles. The summed E-state index contributed by atoms with van der Waals surface area (Å²) in [5.41, 5.74) is 2.76. The van der Waals surface area contributed by atoms with Crippen LogP contribution in [0.15, 0.2) is 30.6 Å². The molecule has 0 spiro atoms. The molecule has 1 fully saturated rings. The number of hydrogen-bond donors (Lipinski definition) is 1. The number of hydrogen-bond acceptors (Lipinski definition) is 2. The minimum atomic E-state index is 0.718. The minimum Gasteiger partial charge on any atom is -0.312 e. The number of nitrogens with zero attached hydrogens (tertiary/aromatic N) is 1. The molecular weight excluding hydrogens is 160 g/mol. The molecule has 2 atom stereocenters. The third-order valence-corrected chi connectivity index (χ3v) is 3.02. The third-order valence-electron chi connectivity index (χ3n) is 3.02. The van der Waals surface area contributed by atoms with Gasteiger partial charge in [-0.2, -0.15) is 0 Å². The molecule has 2 heterocycles. The van der Waals surface area contributed by atoms with E-state index in [9.17, 15) is 0 Å². The molecule has 13 heavy (non-hydrogen) atoms. The Morgan fingerprint density at radius 3 is 3.00 bits per heavy atom. The first kappa shape index (κ1) is 7.27. The van der Waals surface area contributed by atoms with Crippen molar-refractivity contribution in [1.82, 2.24) is 10.3 Å². The minimum absolute atomic E-state index is 0.718. The van der Waals surface area contributed by atoms with Crippen LogP contribution in [0.25, 0.3) is 5.57 Å². The van der Waals surface area contributed by atoms with Crippen molar-refractivity contribution in [3.8, 4) is 0 Å². The molecule has 0 radical (unpaired) electrons. The molecule has 0 bridgehead atoms. The largest absolute Gasteiger partial charge is 0.312 e. The molecule has 1 N–H and O–H groups in total. The maximum Gasteiger partial charge on any atom is 0.0342 e. The fourth-order valence-corrected chi connectivity index (χ4v) is 2.15. The van der Waals surface area contributed by atoms with Crippen molar-refractivity contribution in [1.29, 1.82) is 0 Å². The highest BCUT2D eigenvalue weighted by atomic mass is 15.0. The Kier molecular flexibility index (Phi) is 1.49. The normalized spacial score (nSPS) is 30.6. The van der Waals surface area contributed by atoms with E-state index in [1.807, 2.05) is 18.5 Å². The van der Waals surface area contributed by atoms with Crippen LogP contribution < -0.4 is 5.32 Å². The summed E-state index contributed by atoms with van der Waals surface area (Å²) in [4.78, 5) is 4.14. The molecule has 1 aromatic heterocycles. The molecule has 1 aliphatic heterocycles. The van der Waals surface area contributed by atoms with E-state index < -0.39 is 0 Å². The maximum absolute atomic E-state index is 4.14. The molecule has 1 aromatic rings. The van der Waals surface area contributed by atoms with Gasteiger partial charge in [-0.05, 0) is 23.6 Å². The highest BCUT2D eigenvalue weighted by molar-refractivity contribution is 5.68. The van der Waals surface area contributed by atoms with Crippen molar-refractivity contribution in [2.24, 2.45) is 5.92 Å². The molecule has 0 saturated carbocycles. The Bertz CT molecular complexity index is 342. The van der Waals surface area contributed by atoms with Gasteiger partial charge in [0.2, 0.25) is 0 Å². The quantitative estimate of drug-likeness (QED) is 0.693. The van der Waals surface area contributed by atoms with Gasteiger partial charge >= 0.3 is 0 Å². The fourth-order valence-electron chi connectivity index (χ4n) is 2.15. The van der Waals surface area contributed by atoms with E-state index in [0.717, 1.165) is 18.5 Å². The SMILES string of the molecule is C1=C(c2cccnc2)CC2NCC12. The van der Waals surface area contributed by atoms with Crippen molar-refractivity contribution in [2.75, 3.05) is 6.54 Å². The van der Waals surface area contributed by atoms with Gasteiger partial charge in [-0.1, -0.05) is 12.1 Å². The first-order valence-electron chi connectivity index (χ1n) is 4.78. The molecule has 0 amide bonds. The van der Waals surface area contributed by atoms with E-state index in [1.165, 1.54) is 17.6 Å². The summed E-state index contributed by atoms with van der Waals surface area (Å²) in [6.45, 7) is 1.16. The molecule has 1 saturated heterocycles. The van der Waals surface area contributed by atoms with Crippen molar-refractivity contribution in [3.05, 3.63) is 36.2 Å². The van der Waals surface area contributed by atoms with E-state index in [0.29, 0.717) is 0 Å². The lowest BCUT2D eigenvalue weighted by Crippen LogP contribution is -2.49. The molecular formula is C11H12N2. The van der Waals surface area contributed by atoms with Gasteiger partial charge < -0.3 is 5.32 Å². The monoisotopic (exact) mass is 172 g/mol. The predicted octanol–water partition coefficient (Wildman–Crippen LogP) is 1.46. The van der Waals surface area contributed by atoms with E-state index in [2.05, 4.69) is 22.4 Å². The second-order valence-corrected chi connectivity index (χ2v) is 3.82. The summed E-state index contributed by atoms with van der Waals surface area (Å²) in [6, 6.07) is 4.86. The summed E-state index contributed by atoms with van der Waals surface area (Å²) in [6.07, 6.45) is 7.36. The summed E-state index contributed by atoms with van der Waals surface area (Å²) in [7, 11) is 0. The van der Waals surface area contributed by atoms with Crippen LogP contribution >= 0.6 is 0 Å². The van der Waals surface area contributed by atoms with Gasteiger partial charge in [0.1, 0.15) is 0 Å². The van der Waals surface area contributed by atoms with E-state index >= 15 is 0 Å². The lowest BCUT2D eigenvalue weighted by atomic mass is 9.95. The first-order chi connectivity index (χ1) is 6.43. The summed E-state index contributed by atoms with van der Waals surface area (Å²) < 4.78 is 0. The maximum atomic E-state index is 4.14. The lowest BCUT2D eigenvalue weighted by molar-refractivity contribution is 0.306. The molecule has 2 nitrogen and oxygen atoms in total. The smallest absolute Gasteiger partial charge is 0.0342 e. The van der Waals surface area contributed by atoms with Gasteiger partial charge in [0.15, 0.2) is 0 Å². The van der Waals surface area contributed by atoms with Crippen LogP contribution in [0.4, 0.5) is 0 Å². The standard InChI is InChI=1S/C11H12N2/c1-2-8(6-12-3-1)9-4-10-7-13-11(10)5-9/h1-4,6,10-11,13H,5,7H2. The molecule has 3 rings (SSSR count). The average molecular weight is 172 g/mol. The van der Waals surface area contributed by atoms with E-state index in [1.54, 1.807) is 0 Å². The zero-order valence-electron chi connectivity index (χ0n) is 7.40. The zero-order valence-corrected chi connectivity index (χ0v) is 7.40. The van der Waals surface area contributed by atoms with Crippen LogP contribution in [-0.4, -0.2) is 17.6 Å². The van der Waals surface area contributed by atoms with E-state index in [4.69, 9.17) is 0 Å². The number of nitrogens with one attached hydrogen (secondary N) is 1. The average Bonchev–Trinajstić information content (AvgIpc) is 2.45. The highest BCUT2D eigenvalue weighted by Crippen LogP contribution is 2.35. The van der Waals surface area contributed by atoms with Gasteiger partial charge in [-0.15, -0.1) is 0 Å². The Labute approximate surface area is 77.7 Å². The lowest BCUT2D eigenvalue weighted by Gasteiger charge is -2.31.